The SMILES string of the molecule is FC(F)[C@H]1CNCCN1.N=C(N)N. The fourth-order valence-corrected chi connectivity index (χ4v) is 0.854. The van der Waals surface area contributed by atoms with Crippen LogP contribution in [-0.4, -0.2) is 38.1 Å². The molecule has 7 heteroatoms. The van der Waals surface area contributed by atoms with Crippen molar-refractivity contribution in [2.24, 2.45) is 11.5 Å². The van der Waals surface area contributed by atoms with Crippen molar-refractivity contribution >= 4 is 5.96 Å². The minimum Gasteiger partial charge on any atom is -0.370 e. The first kappa shape index (κ1) is 12.0. The number of guanidine groups is 1. The largest absolute Gasteiger partial charge is 0.370 e. The molecule has 1 saturated heterocycles. The van der Waals surface area contributed by atoms with Gasteiger partial charge < -0.3 is 22.1 Å². The first-order chi connectivity index (χ1) is 6.04. The summed E-state index contributed by atoms with van der Waals surface area (Å²) in [7, 11) is 0. The first-order valence-electron chi connectivity index (χ1n) is 3.85. The van der Waals surface area contributed by atoms with Gasteiger partial charge in [0.2, 0.25) is 0 Å². The summed E-state index contributed by atoms with van der Waals surface area (Å²) in [6, 6.07) is -0.640. The van der Waals surface area contributed by atoms with E-state index in [1.54, 1.807) is 0 Å². The second kappa shape index (κ2) is 6.55. The van der Waals surface area contributed by atoms with Crippen LogP contribution in [-0.2, 0) is 0 Å². The molecule has 0 aromatic heterocycles. The number of nitrogens with one attached hydrogen (secondary N) is 3. The summed E-state index contributed by atoms with van der Waals surface area (Å²) < 4.78 is 23.6. The van der Waals surface area contributed by atoms with Gasteiger partial charge in [0.15, 0.2) is 5.96 Å². The summed E-state index contributed by atoms with van der Waals surface area (Å²) in [6.07, 6.45) is -2.24. The van der Waals surface area contributed by atoms with E-state index < -0.39 is 12.5 Å². The molecule has 0 radical (unpaired) electrons. The minimum atomic E-state index is -2.24. The molecular formula is C6H15F2N5. The summed E-state index contributed by atoms with van der Waals surface area (Å²) in [4.78, 5) is 0. The molecule has 78 valence electrons. The van der Waals surface area contributed by atoms with Crippen LogP contribution < -0.4 is 22.1 Å². The molecule has 1 heterocycles. The molecule has 7 N–H and O–H groups in total. The summed E-state index contributed by atoms with van der Waals surface area (Å²) in [5, 5.41) is 11.6. The number of piperazine rings is 1. The Labute approximate surface area is 75.4 Å². The summed E-state index contributed by atoms with van der Waals surface area (Å²) in [6.45, 7) is 1.83. The summed E-state index contributed by atoms with van der Waals surface area (Å²) in [5.41, 5.74) is 8.94. The monoisotopic (exact) mass is 195 g/mol. The average molecular weight is 195 g/mol. The smallest absolute Gasteiger partial charge is 0.254 e. The zero-order chi connectivity index (χ0) is 10.3. The fourth-order valence-electron chi connectivity index (χ4n) is 0.854. The highest BCUT2D eigenvalue weighted by molar-refractivity contribution is 5.71. The molecule has 0 aliphatic carbocycles. The highest BCUT2D eigenvalue weighted by atomic mass is 19.3. The van der Waals surface area contributed by atoms with Gasteiger partial charge in [-0.05, 0) is 0 Å². The van der Waals surface area contributed by atoms with Crippen LogP contribution in [0.3, 0.4) is 0 Å². The lowest BCUT2D eigenvalue weighted by Crippen LogP contribution is -2.51. The molecule has 0 saturated carbocycles. The lowest BCUT2D eigenvalue weighted by atomic mass is 10.2. The van der Waals surface area contributed by atoms with Crippen LogP contribution in [0, 0.1) is 5.41 Å². The van der Waals surface area contributed by atoms with Gasteiger partial charge in [-0.1, -0.05) is 0 Å². The molecule has 0 aromatic carbocycles. The van der Waals surface area contributed by atoms with Crippen molar-refractivity contribution in [2.75, 3.05) is 19.6 Å². The zero-order valence-corrected chi connectivity index (χ0v) is 7.19. The molecule has 0 bridgehead atoms. The Hall–Kier alpha value is -0.950. The van der Waals surface area contributed by atoms with Gasteiger partial charge in [0.05, 0.1) is 6.04 Å². The number of alkyl halides is 2. The molecule has 1 atom stereocenters. The lowest BCUT2D eigenvalue weighted by molar-refractivity contribution is 0.0911. The Kier molecular flexibility index (Phi) is 6.07. The molecule has 0 unspecified atom stereocenters. The molecule has 0 aromatic rings. The Bertz CT molecular complexity index is 142. The third-order valence-corrected chi connectivity index (χ3v) is 1.38. The standard InChI is InChI=1S/C5H10F2N2.CH5N3/c6-5(7)4-3-8-1-2-9-4;2-1(3)4/h4-5,8-9H,1-3H2;(H5,2,3,4)/t4-;/m1./s1. The van der Waals surface area contributed by atoms with Crippen molar-refractivity contribution in [1.82, 2.24) is 10.6 Å². The van der Waals surface area contributed by atoms with Gasteiger partial charge in [-0.3, -0.25) is 5.41 Å². The number of hydrogen-bond donors (Lipinski definition) is 5. The van der Waals surface area contributed by atoms with Crippen molar-refractivity contribution in [3.63, 3.8) is 0 Å². The van der Waals surface area contributed by atoms with Crippen molar-refractivity contribution in [3.05, 3.63) is 0 Å². The second-order valence-corrected chi connectivity index (χ2v) is 2.55. The zero-order valence-electron chi connectivity index (χ0n) is 7.19. The van der Waals surface area contributed by atoms with Gasteiger partial charge in [-0.2, -0.15) is 0 Å². The van der Waals surface area contributed by atoms with E-state index >= 15 is 0 Å². The molecular weight excluding hydrogens is 180 g/mol. The van der Waals surface area contributed by atoms with Gasteiger partial charge in [0.1, 0.15) is 0 Å². The van der Waals surface area contributed by atoms with Crippen molar-refractivity contribution < 1.29 is 8.78 Å². The third-order valence-electron chi connectivity index (χ3n) is 1.38. The Morgan fingerprint density at radius 3 is 2.15 bits per heavy atom. The van der Waals surface area contributed by atoms with E-state index in [2.05, 4.69) is 22.1 Å². The van der Waals surface area contributed by atoms with E-state index in [1.165, 1.54) is 0 Å². The number of hydrogen-bond acceptors (Lipinski definition) is 3. The highest BCUT2D eigenvalue weighted by Gasteiger charge is 2.20. The van der Waals surface area contributed by atoms with Crippen molar-refractivity contribution in [2.45, 2.75) is 12.5 Å². The molecule has 1 rings (SSSR count). The summed E-state index contributed by atoms with van der Waals surface area (Å²) in [5.74, 6) is -0.333. The molecule has 5 nitrogen and oxygen atoms in total. The minimum absolute atomic E-state index is 0.333. The Balaban J connectivity index is 0.000000310. The predicted molar refractivity (Wildman–Crippen MR) is 46.8 cm³/mol. The number of halogens is 2. The van der Waals surface area contributed by atoms with Gasteiger partial charge >= 0.3 is 0 Å². The molecule has 1 aliphatic heterocycles. The van der Waals surface area contributed by atoms with Crippen LogP contribution >= 0.6 is 0 Å². The van der Waals surface area contributed by atoms with E-state index in [4.69, 9.17) is 5.41 Å². The third kappa shape index (κ3) is 7.41. The maximum atomic E-state index is 11.8. The van der Waals surface area contributed by atoms with E-state index in [0.717, 1.165) is 6.54 Å². The van der Waals surface area contributed by atoms with E-state index in [1.807, 2.05) is 0 Å². The molecule has 0 amide bonds. The topological polar surface area (TPSA) is 99.9 Å². The number of rotatable bonds is 1. The van der Waals surface area contributed by atoms with E-state index in [9.17, 15) is 8.78 Å². The Morgan fingerprint density at radius 1 is 1.38 bits per heavy atom. The first-order valence-corrected chi connectivity index (χ1v) is 3.85. The fraction of sp³-hybridized carbons (Fsp3) is 0.833. The van der Waals surface area contributed by atoms with Crippen LogP contribution in [0.2, 0.25) is 0 Å². The van der Waals surface area contributed by atoms with Gasteiger partial charge in [-0.15, -0.1) is 0 Å². The highest BCUT2D eigenvalue weighted by Crippen LogP contribution is 2.00. The van der Waals surface area contributed by atoms with Crippen LogP contribution in [0.5, 0.6) is 0 Å². The van der Waals surface area contributed by atoms with E-state index in [-0.39, 0.29) is 5.96 Å². The molecule has 13 heavy (non-hydrogen) atoms. The van der Waals surface area contributed by atoms with Crippen molar-refractivity contribution in [3.8, 4) is 0 Å². The maximum Gasteiger partial charge on any atom is 0.254 e. The molecule has 1 fully saturated rings. The van der Waals surface area contributed by atoms with Crippen molar-refractivity contribution in [1.29, 1.82) is 5.41 Å². The maximum absolute atomic E-state index is 11.8. The van der Waals surface area contributed by atoms with Crippen LogP contribution in [0.15, 0.2) is 0 Å². The van der Waals surface area contributed by atoms with Crippen LogP contribution in [0.1, 0.15) is 0 Å². The van der Waals surface area contributed by atoms with Gasteiger partial charge in [0.25, 0.3) is 6.43 Å². The number of nitrogens with two attached hydrogens (primary N) is 2. The predicted octanol–water partition coefficient (Wildman–Crippen LogP) is -1.35. The quantitative estimate of drug-likeness (QED) is 0.264. The van der Waals surface area contributed by atoms with Crippen LogP contribution in [0.4, 0.5) is 8.78 Å². The normalized spacial score (nSPS) is 21.9. The lowest BCUT2D eigenvalue weighted by Gasteiger charge is -2.23. The Morgan fingerprint density at radius 2 is 1.92 bits per heavy atom. The molecule has 0 spiro atoms. The molecule has 1 aliphatic rings. The van der Waals surface area contributed by atoms with Crippen LogP contribution in [0.25, 0.3) is 0 Å². The van der Waals surface area contributed by atoms with E-state index in [0.29, 0.717) is 13.1 Å². The van der Waals surface area contributed by atoms with Gasteiger partial charge in [-0.25, -0.2) is 8.78 Å². The van der Waals surface area contributed by atoms with Gasteiger partial charge in [0, 0.05) is 19.6 Å². The second-order valence-electron chi connectivity index (χ2n) is 2.55. The average Bonchev–Trinajstić information content (AvgIpc) is 2.05. The summed E-state index contributed by atoms with van der Waals surface area (Å²) >= 11 is 0.